The van der Waals surface area contributed by atoms with Gasteiger partial charge in [-0.25, -0.2) is 0 Å². The smallest absolute Gasteiger partial charge is 0.123 e. The van der Waals surface area contributed by atoms with Crippen LogP contribution in [0.5, 0.6) is 5.75 Å². The van der Waals surface area contributed by atoms with E-state index in [2.05, 4.69) is 58.7 Å². The van der Waals surface area contributed by atoms with Crippen molar-refractivity contribution in [1.82, 2.24) is 10.2 Å². The molecule has 1 saturated heterocycles. The molecular weight excluding hydrogens is 367 g/mol. The Morgan fingerprint density at radius 3 is 2.31 bits per heavy atom. The van der Waals surface area contributed by atoms with Crippen molar-refractivity contribution in [3.05, 3.63) is 65.7 Å². The summed E-state index contributed by atoms with van der Waals surface area (Å²) in [6.07, 6.45) is 2.42. The molecule has 144 valence electrons. The van der Waals surface area contributed by atoms with Gasteiger partial charge in [0.2, 0.25) is 0 Å². The molecule has 0 unspecified atom stereocenters. The van der Waals surface area contributed by atoms with Gasteiger partial charge in [0.1, 0.15) is 5.75 Å². The highest BCUT2D eigenvalue weighted by atomic mass is 35.5. The minimum Gasteiger partial charge on any atom is -0.494 e. The summed E-state index contributed by atoms with van der Waals surface area (Å²) in [6, 6.07) is 19.7. The Labute approximate surface area is 169 Å². The molecule has 2 aromatic rings. The molecule has 1 heterocycles. The fourth-order valence-electron chi connectivity index (χ4n) is 3.34. The Balaban J connectivity index is 0.00000169. The molecule has 1 N–H and O–H groups in total. The average molecular weight is 397 g/mol. The summed E-state index contributed by atoms with van der Waals surface area (Å²) >= 11 is 0. The fraction of sp³-hybridized carbons (Fsp3) is 0.429. The number of nitrogens with one attached hydrogen (secondary N) is 1. The lowest BCUT2D eigenvalue weighted by atomic mass is 10.0. The van der Waals surface area contributed by atoms with Crippen molar-refractivity contribution >= 4 is 24.8 Å². The van der Waals surface area contributed by atoms with Crippen molar-refractivity contribution in [1.29, 1.82) is 0 Å². The molecule has 0 atom stereocenters. The zero-order valence-electron chi connectivity index (χ0n) is 15.4. The van der Waals surface area contributed by atoms with E-state index in [0.717, 1.165) is 25.4 Å². The Hall–Kier alpha value is -1.26. The van der Waals surface area contributed by atoms with E-state index in [1.165, 1.54) is 37.1 Å². The van der Waals surface area contributed by atoms with Crippen molar-refractivity contribution in [2.24, 2.45) is 0 Å². The van der Waals surface area contributed by atoms with Crippen LogP contribution in [0.1, 0.15) is 30.9 Å². The molecule has 0 bridgehead atoms. The lowest BCUT2D eigenvalue weighted by molar-refractivity contribution is 0.190. The molecule has 0 spiro atoms. The number of hydrogen-bond acceptors (Lipinski definition) is 3. The van der Waals surface area contributed by atoms with Gasteiger partial charge in [-0.15, -0.1) is 24.8 Å². The molecule has 1 fully saturated rings. The lowest BCUT2D eigenvalue weighted by Crippen LogP contribution is -2.41. The summed E-state index contributed by atoms with van der Waals surface area (Å²) in [5.74, 6) is 1.01. The summed E-state index contributed by atoms with van der Waals surface area (Å²) in [6.45, 7) is 7.04. The second-order valence-corrected chi connectivity index (χ2v) is 6.46. The minimum absolute atomic E-state index is 0. The topological polar surface area (TPSA) is 24.5 Å². The van der Waals surface area contributed by atoms with E-state index in [1.54, 1.807) is 0 Å². The van der Waals surface area contributed by atoms with E-state index in [4.69, 9.17) is 4.74 Å². The third-order valence-electron chi connectivity index (χ3n) is 4.69. The first kappa shape index (κ1) is 22.8. The van der Waals surface area contributed by atoms with Gasteiger partial charge in [-0.1, -0.05) is 48.5 Å². The van der Waals surface area contributed by atoms with Gasteiger partial charge in [-0.2, -0.15) is 0 Å². The third kappa shape index (κ3) is 6.81. The van der Waals surface area contributed by atoms with E-state index >= 15 is 0 Å². The van der Waals surface area contributed by atoms with Crippen molar-refractivity contribution < 1.29 is 4.74 Å². The monoisotopic (exact) mass is 396 g/mol. The zero-order valence-corrected chi connectivity index (χ0v) is 17.0. The minimum atomic E-state index is 0. The number of nitrogens with zero attached hydrogens (tertiary/aromatic N) is 1. The van der Waals surface area contributed by atoms with Crippen molar-refractivity contribution in [3.63, 3.8) is 0 Å². The number of hydrogen-bond donors (Lipinski definition) is 1. The van der Waals surface area contributed by atoms with Crippen LogP contribution in [0.25, 0.3) is 0 Å². The van der Waals surface area contributed by atoms with Crippen LogP contribution in [0.2, 0.25) is 0 Å². The molecule has 0 aliphatic carbocycles. The van der Waals surface area contributed by atoms with E-state index in [9.17, 15) is 0 Å². The largest absolute Gasteiger partial charge is 0.494 e. The van der Waals surface area contributed by atoms with Gasteiger partial charge in [0.05, 0.1) is 6.61 Å². The maximum atomic E-state index is 5.71. The Kier molecular flexibility index (Phi) is 10.7. The van der Waals surface area contributed by atoms with E-state index < -0.39 is 0 Å². The van der Waals surface area contributed by atoms with E-state index in [-0.39, 0.29) is 24.8 Å². The summed E-state index contributed by atoms with van der Waals surface area (Å²) < 4.78 is 5.71. The van der Waals surface area contributed by atoms with E-state index in [1.807, 2.05) is 13.0 Å². The molecule has 3 nitrogen and oxygen atoms in total. The first-order chi connectivity index (χ1) is 11.8. The molecule has 0 radical (unpaired) electrons. The molecule has 1 aliphatic rings. The van der Waals surface area contributed by atoms with Crippen molar-refractivity contribution in [3.8, 4) is 5.75 Å². The molecule has 26 heavy (non-hydrogen) atoms. The highest BCUT2D eigenvalue weighted by Gasteiger charge is 2.19. The Morgan fingerprint density at radius 2 is 1.62 bits per heavy atom. The number of halogens is 2. The standard InChI is InChI=1S/C21H28N2O.2ClH/c1-2-24-21-11-7-6-10-19(21)16-22-20-12-14-23(15-13-20)17-18-8-4-3-5-9-18;;/h3-11,20,22H,2,12-17H2,1H3;2*1H. The summed E-state index contributed by atoms with van der Waals surface area (Å²) in [5.41, 5.74) is 2.67. The molecule has 0 amide bonds. The number of para-hydroxylation sites is 1. The third-order valence-corrected chi connectivity index (χ3v) is 4.69. The zero-order chi connectivity index (χ0) is 16.6. The number of likely N-dealkylation sites (tertiary alicyclic amines) is 1. The van der Waals surface area contributed by atoms with Crippen LogP contribution in [0.4, 0.5) is 0 Å². The quantitative estimate of drug-likeness (QED) is 0.734. The summed E-state index contributed by atoms with van der Waals surface area (Å²) in [7, 11) is 0. The molecule has 3 rings (SSSR count). The molecule has 2 aromatic carbocycles. The lowest BCUT2D eigenvalue weighted by Gasteiger charge is -2.32. The first-order valence-corrected chi connectivity index (χ1v) is 9.05. The maximum Gasteiger partial charge on any atom is 0.123 e. The van der Waals surface area contributed by atoms with Crippen LogP contribution < -0.4 is 10.1 Å². The molecular formula is C21H30Cl2N2O. The Morgan fingerprint density at radius 1 is 0.962 bits per heavy atom. The second-order valence-electron chi connectivity index (χ2n) is 6.46. The Bertz CT molecular complexity index is 616. The van der Waals surface area contributed by atoms with Crippen LogP contribution in [-0.4, -0.2) is 30.6 Å². The highest BCUT2D eigenvalue weighted by molar-refractivity contribution is 5.85. The van der Waals surface area contributed by atoms with Crippen LogP contribution in [-0.2, 0) is 13.1 Å². The predicted octanol–water partition coefficient (Wildman–Crippen LogP) is 4.68. The van der Waals surface area contributed by atoms with Gasteiger partial charge >= 0.3 is 0 Å². The average Bonchev–Trinajstić information content (AvgIpc) is 2.63. The number of ether oxygens (including phenoxy) is 1. The predicted molar refractivity (Wildman–Crippen MR) is 114 cm³/mol. The first-order valence-electron chi connectivity index (χ1n) is 9.05. The van der Waals surface area contributed by atoms with E-state index in [0.29, 0.717) is 6.04 Å². The van der Waals surface area contributed by atoms with Gasteiger partial charge in [-0.05, 0) is 44.5 Å². The van der Waals surface area contributed by atoms with Gasteiger partial charge < -0.3 is 10.1 Å². The van der Waals surface area contributed by atoms with Crippen molar-refractivity contribution in [2.45, 2.75) is 38.9 Å². The van der Waals surface area contributed by atoms with Gasteiger partial charge in [0, 0.05) is 24.7 Å². The maximum absolute atomic E-state index is 5.71. The normalized spacial score (nSPS) is 15.0. The molecule has 1 aliphatic heterocycles. The molecule has 0 aromatic heterocycles. The summed E-state index contributed by atoms with van der Waals surface area (Å²) in [5, 5.41) is 3.71. The number of rotatable bonds is 7. The van der Waals surface area contributed by atoms with Crippen LogP contribution in [0.15, 0.2) is 54.6 Å². The van der Waals surface area contributed by atoms with Gasteiger partial charge in [0.25, 0.3) is 0 Å². The number of piperidine rings is 1. The van der Waals surface area contributed by atoms with Gasteiger partial charge in [0.15, 0.2) is 0 Å². The second kappa shape index (κ2) is 12.2. The fourth-order valence-corrected chi connectivity index (χ4v) is 3.34. The molecule has 0 saturated carbocycles. The number of benzene rings is 2. The SMILES string of the molecule is CCOc1ccccc1CNC1CCN(Cc2ccccc2)CC1.Cl.Cl. The highest BCUT2D eigenvalue weighted by Crippen LogP contribution is 2.19. The van der Waals surface area contributed by atoms with Crippen LogP contribution in [0.3, 0.4) is 0 Å². The van der Waals surface area contributed by atoms with Crippen LogP contribution in [0, 0.1) is 0 Å². The van der Waals surface area contributed by atoms with Crippen LogP contribution >= 0.6 is 24.8 Å². The molecule has 5 heteroatoms. The van der Waals surface area contributed by atoms with Gasteiger partial charge in [-0.3, -0.25) is 4.90 Å². The van der Waals surface area contributed by atoms with Crippen molar-refractivity contribution in [2.75, 3.05) is 19.7 Å². The summed E-state index contributed by atoms with van der Waals surface area (Å²) in [4.78, 5) is 2.56.